The van der Waals surface area contributed by atoms with E-state index in [1.807, 2.05) is 13.8 Å². The van der Waals surface area contributed by atoms with Gasteiger partial charge in [-0.3, -0.25) is 4.68 Å². The van der Waals surface area contributed by atoms with Crippen LogP contribution >= 0.6 is 0 Å². The van der Waals surface area contributed by atoms with Gasteiger partial charge in [-0.05, 0) is 39.2 Å². The van der Waals surface area contributed by atoms with Crippen molar-refractivity contribution in [2.75, 3.05) is 0 Å². The summed E-state index contributed by atoms with van der Waals surface area (Å²) >= 11 is 0. The molecule has 2 aromatic heterocycles. The van der Waals surface area contributed by atoms with Crippen LogP contribution in [0.4, 0.5) is 0 Å². The largest absolute Gasteiger partial charge is 0.361 e. The minimum absolute atomic E-state index is 0.347. The SMILES string of the molecule is Cc1nn(CC(C)c2c(C)noc2C)c(C)c1C(C)C. The first-order chi connectivity index (χ1) is 9.32. The van der Waals surface area contributed by atoms with Crippen molar-refractivity contribution in [3.8, 4) is 0 Å². The van der Waals surface area contributed by atoms with Gasteiger partial charge >= 0.3 is 0 Å². The molecule has 4 nitrogen and oxygen atoms in total. The summed E-state index contributed by atoms with van der Waals surface area (Å²) < 4.78 is 7.40. The van der Waals surface area contributed by atoms with Crippen molar-refractivity contribution >= 4 is 0 Å². The molecule has 2 rings (SSSR count). The predicted molar refractivity (Wildman–Crippen MR) is 80.2 cm³/mol. The zero-order chi connectivity index (χ0) is 15.0. The molecule has 20 heavy (non-hydrogen) atoms. The number of nitrogens with zero attached hydrogens (tertiary/aromatic N) is 3. The van der Waals surface area contributed by atoms with Gasteiger partial charge in [0.2, 0.25) is 0 Å². The highest BCUT2D eigenvalue weighted by molar-refractivity contribution is 5.29. The van der Waals surface area contributed by atoms with Crippen LogP contribution in [0.3, 0.4) is 0 Å². The first-order valence-corrected chi connectivity index (χ1v) is 7.29. The van der Waals surface area contributed by atoms with E-state index in [0.29, 0.717) is 11.8 Å². The molecular weight excluding hydrogens is 250 g/mol. The maximum Gasteiger partial charge on any atom is 0.137 e. The number of hydrogen-bond donors (Lipinski definition) is 0. The predicted octanol–water partition coefficient (Wildman–Crippen LogP) is 4.03. The summed E-state index contributed by atoms with van der Waals surface area (Å²) in [6.07, 6.45) is 0. The molecule has 0 aliphatic rings. The van der Waals surface area contributed by atoms with Crippen molar-refractivity contribution in [3.05, 3.63) is 34.0 Å². The summed E-state index contributed by atoms with van der Waals surface area (Å²) in [7, 11) is 0. The fraction of sp³-hybridized carbons (Fsp3) is 0.625. The van der Waals surface area contributed by atoms with Crippen molar-refractivity contribution < 1.29 is 4.52 Å². The zero-order valence-electron chi connectivity index (χ0n) is 13.6. The molecule has 0 aliphatic heterocycles. The number of aryl methyl sites for hydroxylation is 3. The third kappa shape index (κ3) is 2.51. The van der Waals surface area contributed by atoms with Crippen LogP contribution in [-0.4, -0.2) is 14.9 Å². The molecule has 0 N–H and O–H groups in total. The van der Waals surface area contributed by atoms with Crippen molar-refractivity contribution in [1.82, 2.24) is 14.9 Å². The molecule has 4 heteroatoms. The Morgan fingerprint density at radius 2 is 1.65 bits per heavy atom. The third-order valence-corrected chi connectivity index (χ3v) is 4.04. The number of aromatic nitrogens is 3. The van der Waals surface area contributed by atoms with Gasteiger partial charge in [0, 0.05) is 23.7 Å². The molecule has 0 amide bonds. The van der Waals surface area contributed by atoms with Crippen LogP contribution in [0.1, 0.15) is 66.6 Å². The van der Waals surface area contributed by atoms with Crippen LogP contribution < -0.4 is 0 Å². The number of rotatable bonds is 4. The Kier molecular flexibility index (Phi) is 4.02. The lowest BCUT2D eigenvalue weighted by molar-refractivity contribution is 0.390. The first kappa shape index (κ1) is 14.8. The molecule has 2 heterocycles. The van der Waals surface area contributed by atoms with Gasteiger partial charge in [-0.25, -0.2) is 0 Å². The summed E-state index contributed by atoms with van der Waals surface area (Å²) in [5.41, 5.74) is 5.99. The first-order valence-electron chi connectivity index (χ1n) is 7.29. The zero-order valence-corrected chi connectivity index (χ0v) is 13.6. The van der Waals surface area contributed by atoms with E-state index in [4.69, 9.17) is 9.62 Å². The van der Waals surface area contributed by atoms with Crippen molar-refractivity contribution in [1.29, 1.82) is 0 Å². The smallest absolute Gasteiger partial charge is 0.137 e. The summed E-state index contributed by atoms with van der Waals surface area (Å²) in [6.45, 7) is 15.8. The van der Waals surface area contributed by atoms with Gasteiger partial charge in [-0.1, -0.05) is 25.9 Å². The highest BCUT2D eigenvalue weighted by atomic mass is 16.5. The van der Waals surface area contributed by atoms with Crippen molar-refractivity contribution in [2.24, 2.45) is 0 Å². The van der Waals surface area contributed by atoms with Crippen LogP contribution in [-0.2, 0) is 6.54 Å². The van der Waals surface area contributed by atoms with Crippen molar-refractivity contribution in [2.45, 2.75) is 66.8 Å². The lowest BCUT2D eigenvalue weighted by Crippen LogP contribution is -2.11. The normalized spacial score (nSPS) is 13.2. The van der Waals surface area contributed by atoms with Gasteiger partial charge < -0.3 is 4.52 Å². The Labute approximate surface area is 121 Å². The van der Waals surface area contributed by atoms with E-state index in [2.05, 4.69) is 44.5 Å². The number of hydrogen-bond acceptors (Lipinski definition) is 3. The molecule has 0 bridgehead atoms. The monoisotopic (exact) mass is 275 g/mol. The van der Waals surface area contributed by atoms with E-state index in [9.17, 15) is 0 Å². The third-order valence-electron chi connectivity index (χ3n) is 4.04. The Bertz CT molecular complexity index is 588. The van der Waals surface area contributed by atoms with Gasteiger partial charge in [0.15, 0.2) is 0 Å². The fourth-order valence-electron chi connectivity index (χ4n) is 3.27. The van der Waals surface area contributed by atoms with E-state index < -0.39 is 0 Å². The van der Waals surface area contributed by atoms with Crippen LogP contribution in [0, 0.1) is 27.7 Å². The summed E-state index contributed by atoms with van der Waals surface area (Å²) in [5, 5.41) is 8.75. The van der Waals surface area contributed by atoms with E-state index in [0.717, 1.165) is 23.7 Å². The van der Waals surface area contributed by atoms with E-state index in [1.165, 1.54) is 16.8 Å². The molecule has 0 saturated heterocycles. The standard InChI is InChI=1S/C16H25N3O/c1-9(2)15-11(4)17-19(13(15)6)8-10(3)16-12(5)18-20-14(16)7/h9-10H,8H2,1-7H3. The molecule has 0 saturated carbocycles. The molecule has 0 fully saturated rings. The summed E-state index contributed by atoms with van der Waals surface area (Å²) in [4.78, 5) is 0. The van der Waals surface area contributed by atoms with Crippen LogP contribution in [0.25, 0.3) is 0 Å². The van der Waals surface area contributed by atoms with E-state index in [-0.39, 0.29) is 0 Å². The van der Waals surface area contributed by atoms with Gasteiger partial charge in [0.25, 0.3) is 0 Å². The maximum absolute atomic E-state index is 5.27. The Morgan fingerprint density at radius 3 is 2.10 bits per heavy atom. The van der Waals surface area contributed by atoms with Crippen LogP contribution in [0.15, 0.2) is 4.52 Å². The molecule has 0 radical (unpaired) electrons. The highest BCUT2D eigenvalue weighted by Gasteiger charge is 2.20. The molecular formula is C16H25N3O. The molecule has 2 aromatic rings. The van der Waals surface area contributed by atoms with E-state index >= 15 is 0 Å². The highest BCUT2D eigenvalue weighted by Crippen LogP contribution is 2.27. The second-order valence-corrected chi connectivity index (χ2v) is 6.06. The minimum Gasteiger partial charge on any atom is -0.361 e. The maximum atomic E-state index is 5.27. The Hall–Kier alpha value is -1.58. The molecule has 110 valence electrons. The van der Waals surface area contributed by atoms with E-state index in [1.54, 1.807) is 0 Å². The molecule has 1 unspecified atom stereocenters. The van der Waals surface area contributed by atoms with Gasteiger partial charge in [-0.15, -0.1) is 0 Å². The summed E-state index contributed by atoms with van der Waals surface area (Å²) in [6, 6.07) is 0. The van der Waals surface area contributed by atoms with Gasteiger partial charge in [0.1, 0.15) is 5.76 Å². The van der Waals surface area contributed by atoms with Gasteiger partial charge in [-0.2, -0.15) is 5.10 Å². The second kappa shape index (κ2) is 5.43. The Balaban J connectivity index is 2.29. The van der Waals surface area contributed by atoms with Crippen LogP contribution in [0.5, 0.6) is 0 Å². The lowest BCUT2D eigenvalue weighted by Gasteiger charge is -2.13. The topological polar surface area (TPSA) is 43.9 Å². The lowest BCUT2D eigenvalue weighted by atomic mass is 9.99. The van der Waals surface area contributed by atoms with Crippen molar-refractivity contribution in [3.63, 3.8) is 0 Å². The molecule has 0 aromatic carbocycles. The van der Waals surface area contributed by atoms with Gasteiger partial charge in [0.05, 0.1) is 11.4 Å². The quantitative estimate of drug-likeness (QED) is 0.846. The Morgan fingerprint density at radius 1 is 1.00 bits per heavy atom. The average Bonchev–Trinajstić information content (AvgIpc) is 2.80. The minimum atomic E-state index is 0.347. The molecule has 0 spiro atoms. The van der Waals surface area contributed by atoms with Crippen LogP contribution in [0.2, 0.25) is 0 Å². The second-order valence-electron chi connectivity index (χ2n) is 6.06. The summed E-state index contributed by atoms with van der Waals surface area (Å²) in [5.74, 6) is 1.78. The fourth-order valence-corrected chi connectivity index (χ4v) is 3.27. The average molecular weight is 275 g/mol. The molecule has 1 atom stereocenters. The molecule has 0 aliphatic carbocycles.